The van der Waals surface area contributed by atoms with Crippen molar-refractivity contribution >= 4 is 22.8 Å². The van der Waals surface area contributed by atoms with Crippen molar-refractivity contribution in [3.63, 3.8) is 0 Å². The molecule has 0 bridgehead atoms. The van der Waals surface area contributed by atoms with Gasteiger partial charge in [-0.2, -0.15) is 9.97 Å². The fourth-order valence-corrected chi connectivity index (χ4v) is 3.36. The Bertz CT molecular complexity index is 739. The number of likely N-dealkylation sites (N-methyl/N-ethyl adjacent to an activating group) is 1. The molecule has 1 aliphatic rings. The van der Waals surface area contributed by atoms with Crippen molar-refractivity contribution in [1.29, 1.82) is 0 Å². The molecule has 2 aromatic heterocycles. The minimum absolute atomic E-state index is 0.0775. The van der Waals surface area contributed by atoms with Gasteiger partial charge in [-0.25, -0.2) is 4.98 Å². The average molecular weight is 314 g/mol. The van der Waals surface area contributed by atoms with E-state index in [0.29, 0.717) is 12.0 Å². The zero-order valence-corrected chi connectivity index (χ0v) is 14.9. The van der Waals surface area contributed by atoms with Crippen LogP contribution in [0.25, 0.3) is 11.0 Å². The SMILES string of the molecule is CNc1nc(NC2CCN(C)C2(C)C)nc2nc(C)cc(C)c12. The summed E-state index contributed by atoms with van der Waals surface area (Å²) in [6.07, 6.45) is 1.08. The highest BCUT2D eigenvalue weighted by molar-refractivity contribution is 5.90. The number of nitrogens with one attached hydrogen (secondary N) is 2. The summed E-state index contributed by atoms with van der Waals surface area (Å²) in [6, 6.07) is 2.38. The van der Waals surface area contributed by atoms with Gasteiger partial charge in [0.05, 0.1) is 5.39 Å². The van der Waals surface area contributed by atoms with Gasteiger partial charge in [0, 0.05) is 30.9 Å². The van der Waals surface area contributed by atoms with E-state index in [4.69, 9.17) is 0 Å². The summed E-state index contributed by atoms with van der Waals surface area (Å²) in [4.78, 5) is 16.3. The van der Waals surface area contributed by atoms with Gasteiger partial charge in [0.1, 0.15) is 5.82 Å². The van der Waals surface area contributed by atoms with E-state index in [1.807, 2.05) is 14.0 Å². The molecule has 0 spiro atoms. The monoisotopic (exact) mass is 314 g/mol. The normalized spacial score (nSPS) is 20.9. The molecule has 1 saturated heterocycles. The number of fused-ring (bicyclic) bond motifs is 1. The summed E-state index contributed by atoms with van der Waals surface area (Å²) < 4.78 is 0. The van der Waals surface area contributed by atoms with Crippen LogP contribution in [0.1, 0.15) is 31.5 Å². The van der Waals surface area contributed by atoms with Gasteiger partial charge < -0.3 is 10.6 Å². The Labute approximate surface area is 137 Å². The van der Waals surface area contributed by atoms with Gasteiger partial charge >= 0.3 is 0 Å². The maximum absolute atomic E-state index is 4.67. The molecule has 6 heteroatoms. The van der Waals surface area contributed by atoms with Gasteiger partial charge in [0.25, 0.3) is 0 Å². The quantitative estimate of drug-likeness (QED) is 0.908. The second kappa shape index (κ2) is 5.60. The van der Waals surface area contributed by atoms with Crippen LogP contribution in [0.4, 0.5) is 11.8 Å². The van der Waals surface area contributed by atoms with E-state index in [2.05, 4.69) is 64.4 Å². The molecule has 6 nitrogen and oxygen atoms in total. The third-order valence-corrected chi connectivity index (χ3v) is 5.12. The molecule has 1 aliphatic heterocycles. The molecule has 0 saturated carbocycles. The Morgan fingerprint density at radius 2 is 1.96 bits per heavy atom. The molecule has 23 heavy (non-hydrogen) atoms. The van der Waals surface area contributed by atoms with Crippen molar-refractivity contribution in [2.45, 2.75) is 45.7 Å². The molecule has 0 aliphatic carbocycles. The standard InChI is InChI=1S/C17H26N6/c1-10-9-11(2)19-15-13(10)14(18-5)21-16(22-15)20-12-7-8-23(6)17(12,3)4/h9,12H,7-8H2,1-6H3,(H2,18,19,20,21,22). The van der Waals surface area contributed by atoms with Crippen LogP contribution < -0.4 is 10.6 Å². The van der Waals surface area contributed by atoms with Crippen molar-refractivity contribution in [1.82, 2.24) is 19.9 Å². The predicted octanol–water partition coefficient (Wildman–Crippen LogP) is 2.58. The smallest absolute Gasteiger partial charge is 0.227 e. The average Bonchev–Trinajstić information content (AvgIpc) is 2.72. The van der Waals surface area contributed by atoms with E-state index in [0.717, 1.165) is 41.1 Å². The van der Waals surface area contributed by atoms with Gasteiger partial charge in [0.15, 0.2) is 5.65 Å². The first-order valence-electron chi connectivity index (χ1n) is 8.14. The zero-order valence-electron chi connectivity index (χ0n) is 14.9. The predicted molar refractivity (Wildman–Crippen MR) is 95.1 cm³/mol. The maximum atomic E-state index is 4.67. The third-order valence-electron chi connectivity index (χ3n) is 5.12. The minimum Gasteiger partial charge on any atom is -0.372 e. The summed E-state index contributed by atoms with van der Waals surface area (Å²) in [5, 5.41) is 7.70. The molecule has 124 valence electrons. The second-order valence-electron chi connectivity index (χ2n) is 6.99. The number of likely N-dealkylation sites (tertiary alicyclic amines) is 1. The van der Waals surface area contributed by atoms with E-state index < -0.39 is 0 Å². The lowest BCUT2D eigenvalue weighted by Gasteiger charge is -2.33. The number of rotatable bonds is 3. The fraction of sp³-hybridized carbons (Fsp3) is 0.588. The van der Waals surface area contributed by atoms with Crippen LogP contribution in [0.15, 0.2) is 6.07 Å². The van der Waals surface area contributed by atoms with Crippen molar-refractivity contribution in [2.24, 2.45) is 0 Å². The van der Waals surface area contributed by atoms with E-state index >= 15 is 0 Å². The Morgan fingerprint density at radius 3 is 2.57 bits per heavy atom. The topological polar surface area (TPSA) is 66.0 Å². The largest absolute Gasteiger partial charge is 0.372 e. The van der Waals surface area contributed by atoms with E-state index in [-0.39, 0.29) is 5.54 Å². The third kappa shape index (κ3) is 2.72. The van der Waals surface area contributed by atoms with Crippen LogP contribution in [-0.2, 0) is 0 Å². The summed E-state index contributed by atoms with van der Waals surface area (Å²) in [7, 11) is 4.05. The molecule has 2 aromatic rings. The van der Waals surface area contributed by atoms with Crippen LogP contribution in [0.3, 0.4) is 0 Å². The Kier molecular flexibility index (Phi) is 3.88. The van der Waals surface area contributed by atoms with E-state index in [9.17, 15) is 0 Å². The first-order valence-corrected chi connectivity index (χ1v) is 8.14. The van der Waals surface area contributed by atoms with Gasteiger partial charge in [0.2, 0.25) is 5.95 Å². The highest BCUT2D eigenvalue weighted by Crippen LogP contribution is 2.30. The van der Waals surface area contributed by atoms with Crippen molar-refractivity contribution in [2.75, 3.05) is 31.3 Å². The molecular weight excluding hydrogens is 288 g/mol. The number of anilines is 2. The van der Waals surface area contributed by atoms with Gasteiger partial charge in [-0.15, -0.1) is 0 Å². The number of nitrogens with zero attached hydrogens (tertiary/aromatic N) is 4. The molecule has 3 rings (SSSR count). The van der Waals surface area contributed by atoms with Crippen molar-refractivity contribution < 1.29 is 0 Å². The van der Waals surface area contributed by atoms with E-state index in [1.165, 1.54) is 0 Å². The number of hydrogen-bond acceptors (Lipinski definition) is 6. The van der Waals surface area contributed by atoms with Crippen LogP contribution in [0.2, 0.25) is 0 Å². The molecule has 1 unspecified atom stereocenters. The molecule has 1 fully saturated rings. The first-order chi connectivity index (χ1) is 10.8. The Hall–Kier alpha value is -1.95. The minimum atomic E-state index is 0.0775. The van der Waals surface area contributed by atoms with E-state index in [1.54, 1.807) is 0 Å². The first kappa shape index (κ1) is 15.9. The summed E-state index contributed by atoms with van der Waals surface area (Å²) in [5.74, 6) is 1.47. The van der Waals surface area contributed by atoms with Crippen molar-refractivity contribution in [3.05, 3.63) is 17.3 Å². The summed E-state index contributed by atoms with van der Waals surface area (Å²) in [6.45, 7) is 9.65. The van der Waals surface area contributed by atoms with Gasteiger partial charge in [-0.1, -0.05) is 0 Å². The van der Waals surface area contributed by atoms with Crippen LogP contribution >= 0.6 is 0 Å². The molecular formula is C17H26N6. The molecule has 0 amide bonds. The molecule has 0 aromatic carbocycles. The second-order valence-corrected chi connectivity index (χ2v) is 6.99. The molecule has 2 N–H and O–H groups in total. The lowest BCUT2D eigenvalue weighted by atomic mass is 9.96. The Balaban J connectivity index is 2.02. The number of aromatic nitrogens is 3. The molecule has 3 heterocycles. The fourth-order valence-electron chi connectivity index (χ4n) is 3.36. The van der Waals surface area contributed by atoms with Gasteiger partial charge in [-0.3, -0.25) is 4.90 Å². The van der Waals surface area contributed by atoms with Crippen LogP contribution in [-0.4, -0.2) is 52.1 Å². The highest BCUT2D eigenvalue weighted by atomic mass is 15.3. The maximum Gasteiger partial charge on any atom is 0.227 e. The number of hydrogen-bond donors (Lipinski definition) is 2. The lowest BCUT2D eigenvalue weighted by molar-refractivity contribution is 0.208. The Morgan fingerprint density at radius 1 is 1.22 bits per heavy atom. The number of pyridine rings is 1. The van der Waals surface area contributed by atoms with Crippen LogP contribution in [0, 0.1) is 13.8 Å². The summed E-state index contributed by atoms with van der Waals surface area (Å²) in [5.41, 5.74) is 2.94. The zero-order chi connectivity index (χ0) is 16.8. The van der Waals surface area contributed by atoms with Crippen LogP contribution in [0.5, 0.6) is 0 Å². The number of aryl methyl sites for hydroxylation is 2. The van der Waals surface area contributed by atoms with Crippen molar-refractivity contribution in [3.8, 4) is 0 Å². The van der Waals surface area contributed by atoms with Gasteiger partial charge in [-0.05, 0) is 52.8 Å². The lowest BCUT2D eigenvalue weighted by Crippen LogP contribution is -2.46. The molecule has 0 radical (unpaired) electrons. The highest BCUT2D eigenvalue weighted by Gasteiger charge is 2.39. The molecule has 1 atom stereocenters. The summed E-state index contributed by atoms with van der Waals surface area (Å²) >= 11 is 0.